The minimum absolute atomic E-state index is 0.276. The summed E-state index contributed by atoms with van der Waals surface area (Å²) in [4.78, 5) is 14.9. The van der Waals surface area contributed by atoms with Crippen LogP contribution in [0.3, 0.4) is 0 Å². The number of nitrogen functional groups attached to an aromatic ring is 1. The monoisotopic (exact) mass is 409 g/mol. The van der Waals surface area contributed by atoms with E-state index in [2.05, 4.69) is 10.2 Å². The maximum atomic E-state index is 12.7. The molecule has 27 heavy (non-hydrogen) atoms. The third-order valence-electron chi connectivity index (χ3n) is 4.44. The van der Waals surface area contributed by atoms with Gasteiger partial charge < -0.3 is 25.4 Å². The Labute approximate surface area is 168 Å². The van der Waals surface area contributed by atoms with Crippen molar-refractivity contribution in [1.29, 1.82) is 0 Å². The number of methoxy groups -OCH3 is 1. The molecule has 8 heteroatoms. The summed E-state index contributed by atoms with van der Waals surface area (Å²) in [6.07, 6.45) is 0. The largest absolute Gasteiger partial charge is 0.494 e. The number of amides is 1. The summed E-state index contributed by atoms with van der Waals surface area (Å²) in [5.74, 6) is 0.0235. The summed E-state index contributed by atoms with van der Waals surface area (Å²) in [5, 5.41) is 3.47. The molecule has 144 valence electrons. The minimum atomic E-state index is -0.317. The number of anilines is 3. The molecule has 0 aliphatic carbocycles. The average Bonchev–Trinajstić information content (AvgIpc) is 2.64. The van der Waals surface area contributed by atoms with Crippen molar-refractivity contribution in [2.75, 3.05) is 49.4 Å². The zero-order chi connectivity index (χ0) is 19.6. The quantitative estimate of drug-likeness (QED) is 0.746. The van der Waals surface area contributed by atoms with E-state index < -0.39 is 0 Å². The van der Waals surface area contributed by atoms with E-state index in [0.29, 0.717) is 35.9 Å². The molecule has 0 unspecified atom stereocenters. The van der Waals surface area contributed by atoms with Crippen molar-refractivity contribution in [1.82, 2.24) is 0 Å². The number of aryl methyl sites for hydroxylation is 1. The second kappa shape index (κ2) is 8.25. The van der Waals surface area contributed by atoms with Crippen molar-refractivity contribution in [3.8, 4) is 5.75 Å². The molecule has 1 saturated heterocycles. The van der Waals surface area contributed by atoms with Crippen LogP contribution in [0.25, 0.3) is 0 Å². The highest BCUT2D eigenvalue weighted by atomic mass is 35.5. The molecule has 1 aliphatic rings. The number of carbonyl (C=O) groups is 1. The lowest BCUT2D eigenvalue weighted by atomic mass is 10.1. The van der Waals surface area contributed by atoms with Gasteiger partial charge in [0.15, 0.2) is 5.75 Å². The fraction of sp³-hybridized carbons (Fsp3) is 0.316. The SMILES string of the molecule is COc1c(Cl)cc(C(=O)Nc2cc(N3CCOCC3)c(N)cc2C)cc1Cl. The number of hydrogen-bond donors (Lipinski definition) is 2. The number of hydrogen-bond acceptors (Lipinski definition) is 5. The van der Waals surface area contributed by atoms with Gasteiger partial charge in [-0.2, -0.15) is 0 Å². The molecule has 1 heterocycles. The summed E-state index contributed by atoms with van der Waals surface area (Å²) in [7, 11) is 1.47. The third-order valence-corrected chi connectivity index (χ3v) is 5.00. The van der Waals surface area contributed by atoms with Gasteiger partial charge in [0.25, 0.3) is 5.91 Å². The molecule has 3 N–H and O–H groups in total. The Morgan fingerprint density at radius 3 is 2.41 bits per heavy atom. The summed E-state index contributed by atoms with van der Waals surface area (Å²) < 4.78 is 10.5. The first-order valence-electron chi connectivity index (χ1n) is 8.48. The van der Waals surface area contributed by atoms with Gasteiger partial charge in [-0.1, -0.05) is 23.2 Å². The number of benzene rings is 2. The van der Waals surface area contributed by atoms with Gasteiger partial charge in [-0.15, -0.1) is 0 Å². The van der Waals surface area contributed by atoms with Crippen LogP contribution in [0.1, 0.15) is 15.9 Å². The van der Waals surface area contributed by atoms with E-state index in [-0.39, 0.29) is 16.0 Å². The van der Waals surface area contributed by atoms with E-state index in [4.69, 9.17) is 38.4 Å². The first-order chi connectivity index (χ1) is 12.9. The third kappa shape index (κ3) is 4.24. The lowest BCUT2D eigenvalue weighted by Gasteiger charge is -2.30. The Morgan fingerprint density at radius 2 is 1.81 bits per heavy atom. The van der Waals surface area contributed by atoms with Gasteiger partial charge in [0, 0.05) is 24.3 Å². The maximum Gasteiger partial charge on any atom is 0.255 e. The van der Waals surface area contributed by atoms with Crippen molar-refractivity contribution in [2.45, 2.75) is 6.92 Å². The molecule has 1 fully saturated rings. The summed E-state index contributed by atoms with van der Waals surface area (Å²) in [5.41, 5.74) is 9.63. The molecule has 0 atom stereocenters. The summed E-state index contributed by atoms with van der Waals surface area (Å²) in [6.45, 7) is 4.70. The number of rotatable bonds is 4. The van der Waals surface area contributed by atoms with Gasteiger partial charge in [0.1, 0.15) is 0 Å². The van der Waals surface area contributed by atoms with Gasteiger partial charge in [-0.05, 0) is 36.8 Å². The van der Waals surface area contributed by atoms with Crippen LogP contribution >= 0.6 is 23.2 Å². The Hall–Kier alpha value is -2.15. The Balaban J connectivity index is 1.87. The normalized spacial score (nSPS) is 14.1. The van der Waals surface area contributed by atoms with E-state index >= 15 is 0 Å². The van der Waals surface area contributed by atoms with E-state index in [1.54, 1.807) is 0 Å². The predicted molar refractivity (Wildman–Crippen MR) is 110 cm³/mol. The van der Waals surface area contributed by atoms with Crippen molar-refractivity contribution < 1.29 is 14.3 Å². The Kier molecular flexibility index (Phi) is 5.99. The molecular weight excluding hydrogens is 389 g/mol. The van der Waals surface area contributed by atoms with Crippen LogP contribution in [0.4, 0.5) is 17.1 Å². The summed E-state index contributed by atoms with van der Waals surface area (Å²) >= 11 is 12.3. The average molecular weight is 410 g/mol. The topological polar surface area (TPSA) is 76.8 Å². The van der Waals surface area contributed by atoms with Gasteiger partial charge in [0.05, 0.1) is 41.7 Å². The van der Waals surface area contributed by atoms with Crippen LogP contribution in [0.5, 0.6) is 5.75 Å². The van der Waals surface area contributed by atoms with Crippen LogP contribution in [0.15, 0.2) is 24.3 Å². The highest BCUT2D eigenvalue weighted by molar-refractivity contribution is 6.37. The molecule has 2 aromatic rings. The number of nitrogens with two attached hydrogens (primary N) is 1. The van der Waals surface area contributed by atoms with Crippen molar-refractivity contribution in [2.24, 2.45) is 0 Å². The smallest absolute Gasteiger partial charge is 0.255 e. The van der Waals surface area contributed by atoms with Gasteiger partial charge in [-0.25, -0.2) is 0 Å². The van der Waals surface area contributed by atoms with E-state index in [9.17, 15) is 4.79 Å². The van der Waals surface area contributed by atoms with Crippen molar-refractivity contribution >= 4 is 46.2 Å². The van der Waals surface area contributed by atoms with Crippen molar-refractivity contribution in [3.63, 3.8) is 0 Å². The molecule has 0 saturated carbocycles. The lowest BCUT2D eigenvalue weighted by Crippen LogP contribution is -2.36. The molecule has 0 aromatic heterocycles. The molecule has 0 radical (unpaired) electrons. The van der Waals surface area contributed by atoms with Crippen LogP contribution in [0.2, 0.25) is 10.0 Å². The number of morpholine rings is 1. The molecule has 0 spiro atoms. The Morgan fingerprint density at radius 1 is 1.19 bits per heavy atom. The summed E-state index contributed by atoms with van der Waals surface area (Å²) in [6, 6.07) is 6.79. The van der Waals surface area contributed by atoms with Gasteiger partial charge in [0.2, 0.25) is 0 Å². The minimum Gasteiger partial charge on any atom is -0.494 e. The highest BCUT2D eigenvalue weighted by Crippen LogP contribution is 2.35. The van der Waals surface area contributed by atoms with E-state index in [0.717, 1.165) is 24.3 Å². The maximum absolute atomic E-state index is 12.7. The number of carbonyl (C=O) groups excluding carboxylic acids is 1. The molecule has 1 amide bonds. The lowest BCUT2D eigenvalue weighted by molar-refractivity contribution is 0.102. The number of nitrogens with zero attached hydrogens (tertiary/aromatic N) is 1. The standard InChI is InChI=1S/C19H21Cl2N3O3/c1-11-7-15(22)17(24-3-5-27-6-4-24)10-16(11)23-19(25)12-8-13(20)18(26-2)14(21)9-12/h7-10H,3-6,22H2,1-2H3,(H,23,25). The molecule has 3 rings (SSSR count). The molecule has 6 nitrogen and oxygen atoms in total. The molecule has 1 aliphatic heterocycles. The molecule has 2 aromatic carbocycles. The van der Waals surface area contributed by atoms with Crippen LogP contribution < -0.4 is 20.7 Å². The number of halogens is 2. The second-order valence-electron chi connectivity index (χ2n) is 6.25. The van der Waals surface area contributed by atoms with Gasteiger partial charge >= 0.3 is 0 Å². The van der Waals surface area contributed by atoms with Crippen LogP contribution in [-0.2, 0) is 4.74 Å². The van der Waals surface area contributed by atoms with Crippen molar-refractivity contribution in [3.05, 3.63) is 45.4 Å². The zero-order valence-electron chi connectivity index (χ0n) is 15.1. The molecule has 0 bridgehead atoms. The molecular formula is C19H21Cl2N3O3. The predicted octanol–water partition coefficient (Wildman–Crippen LogP) is 3.98. The van der Waals surface area contributed by atoms with Crippen LogP contribution in [-0.4, -0.2) is 39.3 Å². The van der Waals surface area contributed by atoms with Crippen LogP contribution in [0, 0.1) is 6.92 Å². The number of ether oxygens (including phenoxy) is 2. The number of nitrogens with one attached hydrogen (secondary N) is 1. The van der Waals surface area contributed by atoms with Gasteiger partial charge in [-0.3, -0.25) is 4.79 Å². The first-order valence-corrected chi connectivity index (χ1v) is 9.23. The fourth-order valence-electron chi connectivity index (χ4n) is 3.01. The van der Waals surface area contributed by atoms with E-state index in [1.807, 2.05) is 19.1 Å². The first kappa shape index (κ1) is 19.6. The zero-order valence-corrected chi connectivity index (χ0v) is 16.7. The second-order valence-corrected chi connectivity index (χ2v) is 7.07. The Bertz CT molecular complexity index is 845. The van der Waals surface area contributed by atoms with E-state index in [1.165, 1.54) is 19.2 Å². The fourth-order valence-corrected chi connectivity index (χ4v) is 3.65. The highest BCUT2D eigenvalue weighted by Gasteiger charge is 2.18.